The molecule has 0 amide bonds. The summed E-state index contributed by atoms with van der Waals surface area (Å²) >= 11 is 3.43. The second-order valence-corrected chi connectivity index (χ2v) is 4.97. The van der Waals surface area contributed by atoms with Gasteiger partial charge in [-0.15, -0.1) is 0 Å². The van der Waals surface area contributed by atoms with Gasteiger partial charge in [-0.25, -0.2) is 9.97 Å². The molecule has 100 valence electrons. The summed E-state index contributed by atoms with van der Waals surface area (Å²) in [7, 11) is 0. The van der Waals surface area contributed by atoms with Crippen LogP contribution in [0.2, 0.25) is 0 Å². The first-order chi connectivity index (χ1) is 8.50. The van der Waals surface area contributed by atoms with Crippen LogP contribution in [0.3, 0.4) is 0 Å². The monoisotopic (exact) mass is 323 g/mol. The first-order valence-corrected chi connectivity index (χ1v) is 6.84. The summed E-state index contributed by atoms with van der Waals surface area (Å²) in [6.45, 7) is 1.41. The Balaban J connectivity index is 2.10. The fraction of sp³-hybridized carbons (Fsp3) is 0.636. The predicted molar refractivity (Wildman–Crippen MR) is 65.8 cm³/mol. The molecule has 0 aliphatic carbocycles. The first kappa shape index (κ1) is 13.6. The van der Waals surface area contributed by atoms with E-state index in [-0.39, 0.29) is 5.95 Å². The number of hydrogen-bond donors (Lipinski definition) is 0. The van der Waals surface area contributed by atoms with E-state index in [1.807, 2.05) is 4.90 Å². The van der Waals surface area contributed by atoms with E-state index in [1.165, 1.54) is 6.20 Å². The Morgan fingerprint density at radius 1 is 1.33 bits per heavy atom. The minimum absolute atomic E-state index is 0.179. The Hall–Kier alpha value is -0.850. The maximum atomic E-state index is 12.5. The van der Waals surface area contributed by atoms with Gasteiger partial charge in [-0.3, -0.25) is 0 Å². The van der Waals surface area contributed by atoms with E-state index in [0.717, 1.165) is 24.2 Å². The molecule has 1 aromatic rings. The lowest BCUT2D eigenvalue weighted by atomic mass is 9.99. The van der Waals surface area contributed by atoms with Gasteiger partial charge in [-0.1, -0.05) is 15.9 Å². The molecule has 1 aromatic heterocycles. The molecule has 3 nitrogen and oxygen atoms in total. The average molecular weight is 324 g/mol. The Kier molecular flexibility index (Phi) is 4.09. The third kappa shape index (κ3) is 3.13. The minimum Gasteiger partial charge on any atom is -0.341 e. The third-order valence-corrected chi connectivity index (χ3v) is 3.96. The molecule has 1 fully saturated rings. The van der Waals surface area contributed by atoms with E-state index >= 15 is 0 Å². The topological polar surface area (TPSA) is 29.0 Å². The summed E-state index contributed by atoms with van der Waals surface area (Å²) in [5.74, 6) is 0.768. The van der Waals surface area contributed by atoms with Crippen LogP contribution >= 0.6 is 15.9 Å². The number of hydrogen-bond acceptors (Lipinski definition) is 3. The predicted octanol–water partition coefficient (Wildman–Crippen LogP) is 3.11. The Labute approximate surface area is 112 Å². The van der Waals surface area contributed by atoms with Crippen LogP contribution < -0.4 is 4.90 Å². The molecular formula is C11H13BrF3N3. The molecule has 2 heterocycles. The van der Waals surface area contributed by atoms with Gasteiger partial charge in [-0.2, -0.15) is 13.2 Å². The van der Waals surface area contributed by atoms with Gasteiger partial charge in [0.25, 0.3) is 0 Å². The normalized spacial score (nSPS) is 18.1. The van der Waals surface area contributed by atoms with Gasteiger partial charge in [0.15, 0.2) is 0 Å². The van der Waals surface area contributed by atoms with Crippen LogP contribution in [0.4, 0.5) is 19.1 Å². The molecule has 7 heteroatoms. The lowest BCUT2D eigenvalue weighted by Gasteiger charge is -2.31. The summed E-state index contributed by atoms with van der Waals surface area (Å²) < 4.78 is 37.6. The van der Waals surface area contributed by atoms with Gasteiger partial charge >= 0.3 is 6.18 Å². The molecule has 1 aliphatic heterocycles. The number of aromatic nitrogens is 2. The number of anilines is 1. The third-order valence-electron chi connectivity index (χ3n) is 3.05. The molecule has 0 spiro atoms. The van der Waals surface area contributed by atoms with Crippen molar-refractivity contribution in [1.82, 2.24) is 9.97 Å². The highest BCUT2D eigenvalue weighted by Gasteiger charge is 2.33. The molecule has 0 N–H and O–H groups in total. The second-order valence-electron chi connectivity index (χ2n) is 4.32. The van der Waals surface area contributed by atoms with Gasteiger partial charge < -0.3 is 4.90 Å². The van der Waals surface area contributed by atoms with E-state index in [1.54, 1.807) is 0 Å². The summed E-state index contributed by atoms with van der Waals surface area (Å²) in [5, 5.41) is 0.935. The molecule has 0 unspecified atom stereocenters. The van der Waals surface area contributed by atoms with Crippen LogP contribution in [-0.4, -0.2) is 28.4 Å². The molecule has 0 radical (unpaired) electrons. The fourth-order valence-electron chi connectivity index (χ4n) is 1.95. The first-order valence-electron chi connectivity index (χ1n) is 5.72. The second kappa shape index (κ2) is 5.42. The fourth-order valence-corrected chi connectivity index (χ4v) is 2.59. The van der Waals surface area contributed by atoms with Crippen LogP contribution in [-0.2, 0) is 6.18 Å². The van der Waals surface area contributed by atoms with Crippen molar-refractivity contribution >= 4 is 21.9 Å². The van der Waals surface area contributed by atoms with Crippen molar-refractivity contribution in [3.63, 3.8) is 0 Å². The van der Waals surface area contributed by atoms with Crippen molar-refractivity contribution < 1.29 is 13.2 Å². The highest BCUT2D eigenvalue weighted by atomic mass is 79.9. The highest BCUT2D eigenvalue weighted by Crippen LogP contribution is 2.29. The molecule has 1 aliphatic rings. The minimum atomic E-state index is -4.41. The summed E-state index contributed by atoms with van der Waals surface area (Å²) in [5.41, 5.74) is -0.880. The van der Waals surface area contributed by atoms with Crippen LogP contribution in [0.5, 0.6) is 0 Å². The maximum Gasteiger partial charge on any atom is 0.433 e. The number of piperidine rings is 1. The molecule has 0 aromatic carbocycles. The van der Waals surface area contributed by atoms with Crippen molar-refractivity contribution in [3.8, 4) is 0 Å². The van der Waals surface area contributed by atoms with Gasteiger partial charge in [-0.05, 0) is 24.8 Å². The summed E-state index contributed by atoms with van der Waals surface area (Å²) in [6.07, 6.45) is -1.34. The number of rotatable bonds is 2. The summed E-state index contributed by atoms with van der Waals surface area (Å²) in [4.78, 5) is 9.34. The zero-order chi connectivity index (χ0) is 13.2. The van der Waals surface area contributed by atoms with Crippen LogP contribution in [0.25, 0.3) is 0 Å². The molecule has 1 saturated heterocycles. The number of nitrogens with zero attached hydrogens (tertiary/aromatic N) is 3. The van der Waals surface area contributed by atoms with Crippen LogP contribution in [0.1, 0.15) is 18.5 Å². The van der Waals surface area contributed by atoms with E-state index < -0.39 is 11.9 Å². The number of halogens is 4. The number of alkyl halides is 4. The molecule has 0 saturated carbocycles. The highest BCUT2D eigenvalue weighted by molar-refractivity contribution is 9.09. The summed E-state index contributed by atoms with van der Waals surface area (Å²) in [6, 6.07) is 0.898. The van der Waals surface area contributed by atoms with Gasteiger partial charge in [0.05, 0.1) is 0 Å². The Bertz CT molecular complexity index is 403. The van der Waals surface area contributed by atoms with Crippen LogP contribution in [0, 0.1) is 5.92 Å². The van der Waals surface area contributed by atoms with Crippen LogP contribution in [0.15, 0.2) is 12.3 Å². The lowest BCUT2D eigenvalue weighted by molar-refractivity contribution is -0.141. The van der Waals surface area contributed by atoms with Gasteiger partial charge in [0, 0.05) is 24.6 Å². The quantitative estimate of drug-likeness (QED) is 0.783. The standard InChI is InChI=1S/C11H13BrF3N3/c12-7-8-2-5-18(6-3-8)10-16-4-1-9(17-10)11(13,14)15/h1,4,8H,2-3,5-7H2. The van der Waals surface area contributed by atoms with E-state index in [0.29, 0.717) is 19.0 Å². The lowest BCUT2D eigenvalue weighted by Crippen LogP contribution is -2.35. The maximum absolute atomic E-state index is 12.5. The van der Waals surface area contributed by atoms with E-state index in [9.17, 15) is 13.2 Å². The van der Waals surface area contributed by atoms with Crippen molar-refractivity contribution in [3.05, 3.63) is 18.0 Å². The van der Waals surface area contributed by atoms with Crippen molar-refractivity contribution in [2.75, 3.05) is 23.3 Å². The zero-order valence-electron chi connectivity index (χ0n) is 9.62. The zero-order valence-corrected chi connectivity index (χ0v) is 11.2. The van der Waals surface area contributed by atoms with Crippen molar-refractivity contribution in [2.45, 2.75) is 19.0 Å². The van der Waals surface area contributed by atoms with Gasteiger partial charge in [0.1, 0.15) is 5.69 Å². The molecular weight excluding hydrogens is 311 g/mol. The average Bonchev–Trinajstić information content (AvgIpc) is 2.38. The molecule has 0 atom stereocenters. The van der Waals surface area contributed by atoms with Gasteiger partial charge in [0.2, 0.25) is 5.95 Å². The molecule has 0 bridgehead atoms. The smallest absolute Gasteiger partial charge is 0.341 e. The van der Waals surface area contributed by atoms with Crippen molar-refractivity contribution in [2.24, 2.45) is 5.92 Å². The van der Waals surface area contributed by atoms with E-state index in [4.69, 9.17) is 0 Å². The molecule has 18 heavy (non-hydrogen) atoms. The molecule has 2 rings (SSSR count). The SMILES string of the molecule is FC(F)(F)c1ccnc(N2CCC(CBr)CC2)n1. The largest absolute Gasteiger partial charge is 0.433 e. The Morgan fingerprint density at radius 2 is 2.00 bits per heavy atom. The van der Waals surface area contributed by atoms with E-state index in [2.05, 4.69) is 25.9 Å². The van der Waals surface area contributed by atoms with Crippen molar-refractivity contribution in [1.29, 1.82) is 0 Å². The Morgan fingerprint density at radius 3 is 2.56 bits per heavy atom.